The molecule has 6 heteroatoms. The lowest BCUT2D eigenvalue weighted by Crippen LogP contribution is -2.15. The van der Waals surface area contributed by atoms with E-state index in [1.54, 1.807) is 24.6 Å². The Balaban J connectivity index is 1.82. The van der Waals surface area contributed by atoms with Crippen molar-refractivity contribution in [2.24, 2.45) is 0 Å². The smallest absolute Gasteiger partial charge is 0.142 e. The molecule has 0 unspecified atom stereocenters. The highest BCUT2D eigenvalue weighted by Gasteiger charge is 2.21. The van der Waals surface area contributed by atoms with E-state index < -0.39 is 0 Å². The van der Waals surface area contributed by atoms with E-state index in [-0.39, 0.29) is 0 Å². The summed E-state index contributed by atoms with van der Waals surface area (Å²) in [4.78, 5) is 10.2. The zero-order valence-corrected chi connectivity index (χ0v) is 12.8. The molecular weight excluding hydrogens is 294 g/mol. The lowest BCUT2D eigenvalue weighted by molar-refractivity contribution is 0.181. The van der Waals surface area contributed by atoms with Crippen LogP contribution in [0.15, 0.2) is 18.3 Å². The number of rotatable bonds is 6. The second-order valence-corrected chi connectivity index (χ2v) is 6.36. The predicted molar refractivity (Wildman–Crippen MR) is 80.9 cm³/mol. The number of ether oxygens (including phenoxy) is 1. The summed E-state index contributed by atoms with van der Waals surface area (Å²) in [6.45, 7) is 1.39. The van der Waals surface area contributed by atoms with Gasteiger partial charge in [0.05, 0.1) is 23.0 Å². The third kappa shape index (κ3) is 3.35. The summed E-state index contributed by atoms with van der Waals surface area (Å²) in [5.41, 5.74) is 1.85. The van der Waals surface area contributed by atoms with Gasteiger partial charge in [0.25, 0.3) is 0 Å². The lowest BCUT2D eigenvalue weighted by atomic mass is 10.3. The van der Waals surface area contributed by atoms with Crippen LogP contribution in [0.3, 0.4) is 0 Å². The van der Waals surface area contributed by atoms with E-state index in [9.17, 15) is 0 Å². The van der Waals surface area contributed by atoms with E-state index >= 15 is 0 Å². The van der Waals surface area contributed by atoms with Crippen molar-refractivity contribution < 1.29 is 4.74 Å². The van der Waals surface area contributed by atoms with Crippen LogP contribution in [0.1, 0.15) is 23.4 Å². The van der Waals surface area contributed by atoms with Gasteiger partial charge >= 0.3 is 0 Å². The van der Waals surface area contributed by atoms with Crippen molar-refractivity contribution in [3.05, 3.63) is 33.9 Å². The van der Waals surface area contributed by atoms with Gasteiger partial charge in [-0.15, -0.1) is 11.3 Å². The summed E-state index contributed by atoms with van der Waals surface area (Å²) >= 11 is 7.54. The molecule has 1 N–H and O–H groups in total. The first kappa shape index (κ1) is 13.9. The Morgan fingerprint density at radius 2 is 2.30 bits per heavy atom. The zero-order chi connectivity index (χ0) is 13.9. The van der Waals surface area contributed by atoms with Crippen molar-refractivity contribution in [2.45, 2.75) is 32.0 Å². The van der Waals surface area contributed by atoms with Crippen LogP contribution >= 0.6 is 22.9 Å². The number of pyridine rings is 1. The molecule has 106 valence electrons. The highest BCUT2D eigenvalue weighted by atomic mass is 35.5. The highest BCUT2D eigenvalue weighted by Crippen LogP contribution is 2.29. The first-order valence-electron chi connectivity index (χ1n) is 6.59. The fourth-order valence-corrected chi connectivity index (χ4v) is 3.01. The molecule has 4 nitrogen and oxygen atoms in total. The Hall–Kier alpha value is -1.01. The number of methoxy groups -OCH3 is 1. The summed E-state index contributed by atoms with van der Waals surface area (Å²) in [6, 6.07) is 4.42. The largest absolute Gasteiger partial charge is 0.378 e. The highest BCUT2D eigenvalue weighted by molar-refractivity contribution is 7.15. The first-order valence-corrected chi connectivity index (χ1v) is 7.78. The summed E-state index contributed by atoms with van der Waals surface area (Å²) in [5, 5.41) is 5.07. The maximum atomic E-state index is 5.87. The van der Waals surface area contributed by atoms with Gasteiger partial charge in [-0.25, -0.2) is 4.98 Å². The van der Waals surface area contributed by atoms with Crippen molar-refractivity contribution in [1.29, 1.82) is 0 Å². The van der Waals surface area contributed by atoms with Crippen LogP contribution in [-0.2, 0) is 17.9 Å². The van der Waals surface area contributed by atoms with Gasteiger partial charge in [0.1, 0.15) is 5.01 Å². The molecule has 1 fully saturated rings. The molecule has 0 bridgehead atoms. The Labute approximate surface area is 127 Å². The van der Waals surface area contributed by atoms with Gasteiger partial charge in [-0.2, -0.15) is 0 Å². The van der Waals surface area contributed by atoms with E-state index in [0.717, 1.165) is 22.9 Å². The average molecular weight is 310 g/mol. The summed E-state index contributed by atoms with van der Waals surface area (Å²) in [6.07, 6.45) is 4.21. The molecule has 1 aliphatic rings. The standard InChI is InChI=1S/C14H16ClN3OS/c1-19-8-12-13(7-16-10-3-4-10)20-14(18-12)11-5-2-9(15)6-17-11/h2,5-6,10,16H,3-4,7-8H2,1H3. The third-order valence-corrected chi connectivity index (χ3v) is 4.48. The van der Waals surface area contributed by atoms with Crippen molar-refractivity contribution >= 4 is 22.9 Å². The van der Waals surface area contributed by atoms with Crippen LogP contribution in [-0.4, -0.2) is 23.1 Å². The SMILES string of the molecule is COCc1nc(-c2ccc(Cl)cn2)sc1CNC1CC1. The molecular formula is C14H16ClN3OS. The second-order valence-electron chi connectivity index (χ2n) is 4.84. The zero-order valence-electron chi connectivity index (χ0n) is 11.2. The molecule has 0 spiro atoms. The van der Waals surface area contributed by atoms with E-state index in [1.807, 2.05) is 12.1 Å². The minimum absolute atomic E-state index is 0.534. The van der Waals surface area contributed by atoms with Gasteiger partial charge in [0, 0.05) is 30.8 Å². The molecule has 0 saturated heterocycles. The van der Waals surface area contributed by atoms with Crippen LogP contribution in [0, 0.1) is 0 Å². The normalized spacial score (nSPS) is 14.7. The Morgan fingerprint density at radius 1 is 1.45 bits per heavy atom. The molecule has 2 heterocycles. The molecule has 20 heavy (non-hydrogen) atoms. The Morgan fingerprint density at radius 3 is 2.95 bits per heavy atom. The molecule has 0 aromatic carbocycles. The van der Waals surface area contributed by atoms with Crippen molar-refractivity contribution in [3.63, 3.8) is 0 Å². The molecule has 2 aromatic heterocycles. The number of nitrogens with one attached hydrogen (secondary N) is 1. The van der Waals surface area contributed by atoms with Crippen molar-refractivity contribution in [3.8, 4) is 10.7 Å². The minimum atomic E-state index is 0.534. The van der Waals surface area contributed by atoms with E-state index in [0.29, 0.717) is 17.7 Å². The lowest BCUT2D eigenvalue weighted by Gasteiger charge is -2.02. The molecule has 0 atom stereocenters. The first-order chi connectivity index (χ1) is 9.76. The van der Waals surface area contributed by atoms with E-state index in [2.05, 4.69) is 15.3 Å². The van der Waals surface area contributed by atoms with Gasteiger partial charge < -0.3 is 10.1 Å². The quantitative estimate of drug-likeness (QED) is 0.889. The predicted octanol–water partition coefficient (Wildman–Crippen LogP) is 3.26. The fourth-order valence-electron chi connectivity index (χ4n) is 1.91. The van der Waals surface area contributed by atoms with Gasteiger partial charge in [0.15, 0.2) is 0 Å². The van der Waals surface area contributed by atoms with Crippen molar-refractivity contribution in [1.82, 2.24) is 15.3 Å². The molecule has 0 aliphatic heterocycles. The molecule has 3 rings (SSSR count). The maximum Gasteiger partial charge on any atom is 0.142 e. The summed E-state index contributed by atoms with van der Waals surface area (Å²) in [5.74, 6) is 0. The summed E-state index contributed by atoms with van der Waals surface area (Å²) < 4.78 is 5.23. The second kappa shape index (κ2) is 6.18. The van der Waals surface area contributed by atoms with Gasteiger partial charge in [-0.05, 0) is 25.0 Å². The number of hydrogen-bond donors (Lipinski definition) is 1. The number of hydrogen-bond acceptors (Lipinski definition) is 5. The minimum Gasteiger partial charge on any atom is -0.378 e. The third-order valence-electron chi connectivity index (χ3n) is 3.13. The van der Waals surface area contributed by atoms with Crippen LogP contribution in [0.4, 0.5) is 0 Å². The van der Waals surface area contributed by atoms with Crippen LogP contribution in [0.2, 0.25) is 5.02 Å². The summed E-state index contributed by atoms with van der Waals surface area (Å²) in [7, 11) is 1.69. The molecule has 1 saturated carbocycles. The maximum absolute atomic E-state index is 5.87. The topological polar surface area (TPSA) is 47.0 Å². The van der Waals surface area contributed by atoms with E-state index in [4.69, 9.17) is 16.3 Å². The number of thiazole rings is 1. The van der Waals surface area contributed by atoms with Crippen LogP contribution < -0.4 is 5.32 Å². The van der Waals surface area contributed by atoms with E-state index in [1.165, 1.54) is 17.7 Å². The average Bonchev–Trinajstić information content (AvgIpc) is 3.19. The monoisotopic (exact) mass is 309 g/mol. The van der Waals surface area contributed by atoms with Gasteiger partial charge in [0.2, 0.25) is 0 Å². The molecule has 0 radical (unpaired) electrons. The Bertz CT molecular complexity index is 581. The molecule has 1 aliphatic carbocycles. The van der Waals surface area contributed by atoms with Crippen LogP contribution in [0.5, 0.6) is 0 Å². The molecule has 0 amide bonds. The van der Waals surface area contributed by atoms with Gasteiger partial charge in [-0.3, -0.25) is 4.98 Å². The Kier molecular flexibility index (Phi) is 4.31. The number of halogens is 1. The number of aromatic nitrogens is 2. The van der Waals surface area contributed by atoms with Gasteiger partial charge in [-0.1, -0.05) is 11.6 Å². The van der Waals surface area contributed by atoms with Crippen molar-refractivity contribution in [2.75, 3.05) is 7.11 Å². The molecule has 2 aromatic rings. The van der Waals surface area contributed by atoms with Crippen LogP contribution in [0.25, 0.3) is 10.7 Å². The number of nitrogens with zero attached hydrogens (tertiary/aromatic N) is 2. The fraction of sp³-hybridized carbons (Fsp3) is 0.429.